The predicted molar refractivity (Wildman–Crippen MR) is 157 cm³/mol. The van der Waals surface area contributed by atoms with Crippen molar-refractivity contribution in [3.8, 4) is 11.3 Å². The second kappa shape index (κ2) is 9.67. The van der Waals surface area contributed by atoms with Gasteiger partial charge in [0.1, 0.15) is 11.3 Å². The Morgan fingerprint density at radius 2 is 2.02 bits per heavy atom. The molecule has 11 nitrogen and oxygen atoms in total. The molecule has 41 heavy (non-hydrogen) atoms. The van der Waals surface area contributed by atoms with Gasteiger partial charge in [0.2, 0.25) is 5.71 Å². The average Bonchev–Trinajstić information content (AvgIpc) is 3.64. The highest BCUT2D eigenvalue weighted by molar-refractivity contribution is 7.93. The van der Waals surface area contributed by atoms with E-state index in [0.29, 0.717) is 52.1 Å². The SMILES string of the molecule is CN(C)Cc1nc(Nc2ccc(-c3cnc4cnc5occc5n34)c3c2C(=O)NC3)ccc1S(C)(=O)=NC1CCC1. The minimum Gasteiger partial charge on any atom is -0.445 e. The topological polar surface area (TPSA) is 130 Å². The van der Waals surface area contributed by atoms with Crippen LogP contribution in [0.4, 0.5) is 11.5 Å². The zero-order chi connectivity index (χ0) is 28.3. The van der Waals surface area contributed by atoms with Gasteiger partial charge in [0, 0.05) is 31.0 Å². The molecule has 0 radical (unpaired) electrons. The first-order valence-electron chi connectivity index (χ1n) is 13.6. The third kappa shape index (κ3) is 4.43. The molecule has 1 atom stereocenters. The van der Waals surface area contributed by atoms with Crippen molar-refractivity contribution in [2.75, 3.05) is 25.7 Å². The largest absolute Gasteiger partial charge is 0.445 e. The van der Waals surface area contributed by atoms with Gasteiger partial charge in [-0.3, -0.25) is 9.20 Å². The van der Waals surface area contributed by atoms with Crippen molar-refractivity contribution in [1.29, 1.82) is 0 Å². The molecule has 1 amide bonds. The molecular formula is C29H30N8O3S. The van der Waals surface area contributed by atoms with E-state index in [2.05, 4.69) is 25.0 Å². The third-order valence-electron chi connectivity index (χ3n) is 7.69. The summed E-state index contributed by atoms with van der Waals surface area (Å²) in [5.41, 5.74) is 6.54. The second-order valence-electron chi connectivity index (χ2n) is 10.9. The summed E-state index contributed by atoms with van der Waals surface area (Å²) in [5, 5.41) is 6.34. The summed E-state index contributed by atoms with van der Waals surface area (Å²) in [5.74, 6) is 0.411. The summed E-state index contributed by atoms with van der Waals surface area (Å²) in [7, 11) is 1.32. The average molecular weight is 571 g/mol. The van der Waals surface area contributed by atoms with E-state index in [9.17, 15) is 9.00 Å². The van der Waals surface area contributed by atoms with Crippen LogP contribution in [-0.2, 0) is 22.8 Å². The van der Waals surface area contributed by atoms with Gasteiger partial charge in [0.25, 0.3) is 5.91 Å². The minimum absolute atomic E-state index is 0.158. The van der Waals surface area contributed by atoms with Crippen LogP contribution in [0.5, 0.6) is 0 Å². The third-order valence-corrected chi connectivity index (χ3v) is 9.58. The van der Waals surface area contributed by atoms with Gasteiger partial charge >= 0.3 is 0 Å². The van der Waals surface area contributed by atoms with Crippen LogP contribution in [-0.4, -0.2) is 60.8 Å². The fourth-order valence-corrected chi connectivity index (χ4v) is 7.32. The Balaban J connectivity index is 1.29. The van der Waals surface area contributed by atoms with E-state index in [4.69, 9.17) is 9.40 Å². The van der Waals surface area contributed by atoms with Crippen molar-refractivity contribution in [3.63, 3.8) is 0 Å². The molecule has 5 heterocycles. The number of hydrogen-bond donors (Lipinski definition) is 2. The Hall–Kier alpha value is -4.29. The van der Waals surface area contributed by atoms with E-state index >= 15 is 0 Å². The number of benzene rings is 1. The number of aromatic nitrogens is 4. The van der Waals surface area contributed by atoms with Gasteiger partial charge in [-0.1, -0.05) is 6.07 Å². The molecule has 1 saturated carbocycles. The second-order valence-corrected chi connectivity index (χ2v) is 13.2. The first-order chi connectivity index (χ1) is 19.8. The monoisotopic (exact) mass is 570 g/mol. The summed E-state index contributed by atoms with van der Waals surface area (Å²) in [6.45, 7) is 0.906. The highest BCUT2D eigenvalue weighted by atomic mass is 32.2. The molecule has 4 aromatic heterocycles. The Bertz CT molecular complexity index is 1960. The van der Waals surface area contributed by atoms with Crippen LogP contribution in [0.3, 0.4) is 0 Å². The van der Waals surface area contributed by atoms with Gasteiger partial charge < -0.3 is 20.0 Å². The van der Waals surface area contributed by atoms with Gasteiger partial charge in [-0.15, -0.1) is 0 Å². The lowest BCUT2D eigenvalue weighted by atomic mass is 9.95. The van der Waals surface area contributed by atoms with Crippen molar-refractivity contribution in [3.05, 3.63) is 65.8 Å². The number of furan rings is 1. The van der Waals surface area contributed by atoms with E-state index in [1.54, 1.807) is 24.9 Å². The number of carbonyl (C=O) groups excluding carboxylic acids is 1. The number of amides is 1. The zero-order valence-corrected chi connectivity index (χ0v) is 23.9. The maximum atomic E-state index is 13.7. The van der Waals surface area contributed by atoms with Crippen molar-refractivity contribution in [2.45, 2.75) is 43.3 Å². The fraction of sp³-hybridized carbons (Fsp3) is 0.310. The lowest BCUT2D eigenvalue weighted by Gasteiger charge is -2.23. The lowest BCUT2D eigenvalue weighted by molar-refractivity contribution is 0.0966. The van der Waals surface area contributed by atoms with Crippen LogP contribution < -0.4 is 10.6 Å². The van der Waals surface area contributed by atoms with Gasteiger partial charge in [-0.2, -0.15) is 0 Å². The number of carbonyl (C=O) groups is 1. The van der Waals surface area contributed by atoms with Crippen LogP contribution in [0, 0.1) is 0 Å². The standard InChI is InChI=1S/C29H30N8O3S/c1-36(2)16-21-24(41(3,39)35-17-5-4-6-17)9-10-25(34-21)33-20-8-7-18(19-13-31-28(38)27(19)20)23-14-30-26-15-32-29-22(37(23)26)11-12-40-29/h7-12,14-15,17H,4-6,13,16H2,1-3H3,(H,31,38)(H,33,34). The van der Waals surface area contributed by atoms with Gasteiger partial charge in [0.15, 0.2) is 5.65 Å². The molecule has 210 valence electrons. The van der Waals surface area contributed by atoms with E-state index < -0.39 is 9.73 Å². The van der Waals surface area contributed by atoms with Crippen LogP contribution in [0.2, 0.25) is 0 Å². The van der Waals surface area contributed by atoms with Crippen molar-refractivity contribution < 1.29 is 13.4 Å². The van der Waals surface area contributed by atoms with Gasteiger partial charge in [0.05, 0.1) is 62.0 Å². The molecule has 2 aliphatic rings. The molecule has 5 aromatic rings. The Morgan fingerprint density at radius 1 is 1.17 bits per heavy atom. The number of pyridine rings is 1. The molecule has 1 aliphatic heterocycles. The smallest absolute Gasteiger partial charge is 0.254 e. The summed E-state index contributed by atoms with van der Waals surface area (Å²) in [6, 6.07) is 9.56. The molecule has 1 aliphatic carbocycles. The summed E-state index contributed by atoms with van der Waals surface area (Å²) in [4.78, 5) is 29.5. The van der Waals surface area contributed by atoms with Crippen molar-refractivity contribution in [2.24, 2.45) is 4.36 Å². The lowest BCUT2D eigenvalue weighted by Crippen LogP contribution is -2.20. The van der Waals surface area contributed by atoms with E-state index in [0.717, 1.165) is 41.6 Å². The number of nitrogens with one attached hydrogen (secondary N) is 2. The normalized spacial score (nSPS) is 16.5. The number of rotatable bonds is 7. The molecular weight excluding hydrogens is 540 g/mol. The molecule has 2 N–H and O–H groups in total. The Kier molecular flexibility index (Phi) is 6.05. The Labute approximate surface area is 237 Å². The highest BCUT2D eigenvalue weighted by Crippen LogP contribution is 2.36. The number of anilines is 2. The highest BCUT2D eigenvalue weighted by Gasteiger charge is 2.28. The number of fused-ring (bicyclic) bond motifs is 4. The quantitative estimate of drug-likeness (QED) is 0.291. The van der Waals surface area contributed by atoms with E-state index in [1.165, 1.54) is 0 Å². The fourth-order valence-electron chi connectivity index (χ4n) is 5.56. The molecule has 7 rings (SSSR count). The van der Waals surface area contributed by atoms with Crippen LogP contribution >= 0.6 is 0 Å². The molecule has 0 saturated heterocycles. The number of hydrogen-bond acceptors (Lipinski definition) is 9. The van der Waals surface area contributed by atoms with Crippen LogP contribution in [0.1, 0.15) is 40.9 Å². The maximum absolute atomic E-state index is 13.7. The van der Waals surface area contributed by atoms with Crippen molar-refractivity contribution in [1.82, 2.24) is 29.6 Å². The molecule has 1 fully saturated rings. The molecule has 1 unspecified atom stereocenters. The van der Waals surface area contributed by atoms with Gasteiger partial charge in [-0.25, -0.2) is 23.5 Å². The van der Waals surface area contributed by atoms with E-state index in [-0.39, 0.29) is 11.9 Å². The predicted octanol–water partition coefficient (Wildman–Crippen LogP) is 4.60. The minimum atomic E-state index is -2.59. The summed E-state index contributed by atoms with van der Waals surface area (Å²) in [6.07, 6.45) is 9.88. The maximum Gasteiger partial charge on any atom is 0.254 e. The van der Waals surface area contributed by atoms with Crippen LogP contribution in [0.15, 0.2) is 62.7 Å². The molecule has 0 bridgehead atoms. The molecule has 12 heteroatoms. The molecule has 0 spiro atoms. The molecule has 1 aromatic carbocycles. The first-order valence-corrected chi connectivity index (χ1v) is 15.5. The first kappa shape index (κ1) is 25.7. The summed E-state index contributed by atoms with van der Waals surface area (Å²) >= 11 is 0. The summed E-state index contributed by atoms with van der Waals surface area (Å²) < 4.78 is 25.8. The van der Waals surface area contributed by atoms with Gasteiger partial charge in [-0.05, 0) is 57.1 Å². The van der Waals surface area contributed by atoms with Crippen LogP contribution in [0.25, 0.3) is 28.1 Å². The number of imidazole rings is 1. The zero-order valence-electron chi connectivity index (χ0n) is 23.0. The van der Waals surface area contributed by atoms with E-state index in [1.807, 2.05) is 53.7 Å². The number of nitrogens with zero attached hydrogens (tertiary/aromatic N) is 6. The van der Waals surface area contributed by atoms with Crippen molar-refractivity contribution >= 4 is 44.0 Å². The Morgan fingerprint density at radius 3 is 2.80 bits per heavy atom.